The van der Waals surface area contributed by atoms with Crippen LogP contribution in [0.2, 0.25) is 0 Å². The summed E-state index contributed by atoms with van der Waals surface area (Å²) in [6.07, 6.45) is 0.248. The first-order valence-electron chi connectivity index (χ1n) is 9.12. The van der Waals surface area contributed by atoms with Crippen molar-refractivity contribution < 1.29 is 28.5 Å². The van der Waals surface area contributed by atoms with Gasteiger partial charge in [0.15, 0.2) is 11.5 Å². The number of ether oxygens (including phenoxy) is 3. The van der Waals surface area contributed by atoms with Gasteiger partial charge >= 0.3 is 0 Å². The van der Waals surface area contributed by atoms with Crippen molar-refractivity contribution in [2.45, 2.75) is 12.8 Å². The number of nitrogens with zero attached hydrogens (tertiary/aromatic N) is 3. The summed E-state index contributed by atoms with van der Waals surface area (Å²) in [5, 5.41) is 17.4. The Kier molecular flexibility index (Phi) is 6.65. The third-order valence-corrected chi connectivity index (χ3v) is 4.30. The van der Waals surface area contributed by atoms with Crippen molar-refractivity contribution in [2.24, 2.45) is 0 Å². The van der Waals surface area contributed by atoms with E-state index in [1.54, 1.807) is 18.2 Å². The van der Waals surface area contributed by atoms with Gasteiger partial charge in [0.2, 0.25) is 23.4 Å². The molecule has 11 nitrogen and oxygen atoms in total. The standard InChI is InChI=1S/C20H20N4O7/c1-28-15-9-12(10-16(29-2)19(15)30-3)20-22-18(31-23-20)8-7-17(25)21-13-5-4-6-14(11-13)24(26)27/h4-6,9-11H,7-8H2,1-3H3,(H,21,25). The number of nitro groups is 1. The molecular weight excluding hydrogens is 408 g/mol. The van der Waals surface area contributed by atoms with Crippen LogP contribution in [-0.2, 0) is 11.2 Å². The van der Waals surface area contributed by atoms with Crippen LogP contribution in [-0.4, -0.2) is 42.3 Å². The molecule has 0 aliphatic carbocycles. The molecule has 0 saturated heterocycles. The van der Waals surface area contributed by atoms with Gasteiger partial charge in [0.05, 0.1) is 26.3 Å². The van der Waals surface area contributed by atoms with Crippen LogP contribution in [0.4, 0.5) is 11.4 Å². The molecule has 2 aromatic carbocycles. The number of carbonyl (C=O) groups excluding carboxylic acids is 1. The number of nitro benzene ring substituents is 1. The Morgan fingerprint density at radius 1 is 1.13 bits per heavy atom. The fraction of sp³-hybridized carbons (Fsp3) is 0.250. The van der Waals surface area contributed by atoms with E-state index in [0.29, 0.717) is 34.3 Å². The minimum atomic E-state index is -0.529. The predicted octanol–water partition coefficient (Wildman–Crippen LogP) is 3.24. The van der Waals surface area contributed by atoms with Crippen LogP contribution in [0.15, 0.2) is 40.9 Å². The average Bonchev–Trinajstić information content (AvgIpc) is 3.26. The zero-order valence-electron chi connectivity index (χ0n) is 17.1. The van der Waals surface area contributed by atoms with Gasteiger partial charge in [-0.2, -0.15) is 4.98 Å². The van der Waals surface area contributed by atoms with Gasteiger partial charge in [-0.1, -0.05) is 11.2 Å². The van der Waals surface area contributed by atoms with Crippen LogP contribution in [0.3, 0.4) is 0 Å². The van der Waals surface area contributed by atoms with Crippen molar-refractivity contribution >= 4 is 17.3 Å². The Balaban J connectivity index is 1.67. The third-order valence-electron chi connectivity index (χ3n) is 4.30. The van der Waals surface area contributed by atoms with Gasteiger partial charge in [-0.15, -0.1) is 0 Å². The van der Waals surface area contributed by atoms with E-state index >= 15 is 0 Å². The molecule has 31 heavy (non-hydrogen) atoms. The fourth-order valence-corrected chi connectivity index (χ4v) is 2.83. The summed E-state index contributed by atoms with van der Waals surface area (Å²) in [6, 6.07) is 9.07. The molecule has 1 N–H and O–H groups in total. The van der Waals surface area contributed by atoms with E-state index in [4.69, 9.17) is 18.7 Å². The summed E-state index contributed by atoms with van der Waals surface area (Å²) in [7, 11) is 4.51. The molecule has 162 valence electrons. The van der Waals surface area contributed by atoms with E-state index in [0.717, 1.165) is 0 Å². The van der Waals surface area contributed by atoms with Gasteiger partial charge in [0.25, 0.3) is 5.69 Å². The van der Waals surface area contributed by atoms with E-state index in [1.165, 1.54) is 39.5 Å². The highest BCUT2D eigenvalue weighted by Gasteiger charge is 2.18. The lowest BCUT2D eigenvalue weighted by atomic mass is 10.1. The van der Waals surface area contributed by atoms with Crippen molar-refractivity contribution in [1.29, 1.82) is 0 Å². The summed E-state index contributed by atoms with van der Waals surface area (Å²) in [5.74, 6) is 1.55. The summed E-state index contributed by atoms with van der Waals surface area (Å²) in [4.78, 5) is 26.8. The van der Waals surface area contributed by atoms with Gasteiger partial charge in [-0.25, -0.2) is 0 Å². The molecule has 0 radical (unpaired) electrons. The summed E-state index contributed by atoms with van der Waals surface area (Å²) in [6.45, 7) is 0. The molecule has 3 aromatic rings. The number of aryl methyl sites for hydroxylation is 1. The first-order valence-corrected chi connectivity index (χ1v) is 9.12. The zero-order valence-corrected chi connectivity index (χ0v) is 17.1. The summed E-state index contributed by atoms with van der Waals surface area (Å²) < 4.78 is 21.2. The largest absolute Gasteiger partial charge is 0.493 e. The first kappa shape index (κ1) is 21.6. The minimum absolute atomic E-state index is 0.0551. The van der Waals surface area contributed by atoms with Crippen LogP contribution < -0.4 is 19.5 Å². The molecule has 1 heterocycles. The Morgan fingerprint density at radius 3 is 2.45 bits per heavy atom. The van der Waals surface area contributed by atoms with Crippen molar-refractivity contribution in [2.75, 3.05) is 26.6 Å². The maximum atomic E-state index is 12.2. The molecule has 0 unspecified atom stereocenters. The van der Waals surface area contributed by atoms with Crippen molar-refractivity contribution in [3.63, 3.8) is 0 Å². The highest BCUT2D eigenvalue weighted by molar-refractivity contribution is 5.91. The van der Waals surface area contributed by atoms with E-state index in [-0.39, 0.29) is 30.3 Å². The van der Waals surface area contributed by atoms with Crippen LogP contribution in [0.25, 0.3) is 11.4 Å². The van der Waals surface area contributed by atoms with Gasteiger partial charge in [-0.05, 0) is 18.2 Å². The zero-order chi connectivity index (χ0) is 22.4. The normalized spacial score (nSPS) is 10.4. The number of benzene rings is 2. The van der Waals surface area contributed by atoms with E-state index in [2.05, 4.69) is 15.5 Å². The van der Waals surface area contributed by atoms with Gasteiger partial charge < -0.3 is 24.1 Å². The van der Waals surface area contributed by atoms with E-state index in [1.807, 2.05) is 0 Å². The molecule has 11 heteroatoms. The Morgan fingerprint density at radius 2 is 1.84 bits per heavy atom. The Bertz CT molecular complexity index is 1070. The predicted molar refractivity (Wildman–Crippen MR) is 109 cm³/mol. The van der Waals surface area contributed by atoms with Crippen molar-refractivity contribution in [3.8, 4) is 28.6 Å². The maximum absolute atomic E-state index is 12.2. The highest BCUT2D eigenvalue weighted by atomic mass is 16.6. The molecule has 0 aliphatic rings. The SMILES string of the molecule is COc1cc(-c2noc(CCC(=O)Nc3cccc([N+](=O)[O-])c3)n2)cc(OC)c1OC. The van der Waals surface area contributed by atoms with E-state index in [9.17, 15) is 14.9 Å². The maximum Gasteiger partial charge on any atom is 0.271 e. The molecule has 0 bridgehead atoms. The molecule has 0 saturated carbocycles. The number of methoxy groups -OCH3 is 3. The molecule has 0 aliphatic heterocycles. The summed E-state index contributed by atoms with van der Waals surface area (Å²) >= 11 is 0. The third kappa shape index (κ3) is 5.07. The molecular formula is C20H20N4O7. The first-order chi connectivity index (χ1) is 14.9. The van der Waals surface area contributed by atoms with Gasteiger partial charge in [-0.3, -0.25) is 14.9 Å². The van der Waals surface area contributed by atoms with Crippen LogP contribution in [0.1, 0.15) is 12.3 Å². The lowest BCUT2D eigenvalue weighted by Gasteiger charge is -2.12. The Hall–Kier alpha value is -4.15. The molecule has 0 fully saturated rings. The number of carbonyl (C=O) groups is 1. The van der Waals surface area contributed by atoms with Crippen LogP contribution in [0, 0.1) is 10.1 Å². The van der Waals surface area contributed by atoms with Gasteiger partial charge in [0.1, 0.15) is 0 Å². The highest BCUT2D eigenvalue weighted by Crippen LogP contribution is 2.40. The number of non-ortho nitro benzene ring substituents is 1. The second kappa shape index (κ2) is 9.57. The monoisotopic (exact) mass is 428 g/mol. The number of rotatable bonds is 9. The number of nitrogens with one attached hydrogen (secondary N) is 1. The topological polar surface area (TPSA) is 139 Å². The number of amides is 1. The smallest absolute Gasteiger partial charge is 0.271 e. The lowest BCUT2D eigenvalue weighted by Crippen LogP contribution is -2.12. The molecule has 1 amide bonds. The number of aromatic nitrogens is 2. The minimum Gasteiger partial charge on any atom is -0.493 e. The number of anilines is 1. The fourth-order valence-electron chi connectivity index (χ4n) is 2.83. The molecule has 1 aromatic heterocycles. The summed E-state index contributed by atoms with van der Waals surface area (Å²) in [5.41, 5.74) is 0.818. The van der Waals surface area contributed by atoms with Crippen LogP contribution >= 0.6 is 0 Å². The van der Waals surface area contributed by atoms with Crippen LogP contribution in [0.5, 0.6) is 17.2 Å². The lowest BCUT2D eigenvalue weighted by molar-refractivity contribution is -0.384. The average molecular weight is 428 g/mol. The molecule has 3 rings (SSSR count). The Labute approximate surface area is 177 Å². The molecule has 0 atom stereocenters. The van der Waals surface area contributed by atoms with Crippen molar-refractivity contribution in [3.05, 3.63) is 52.4 Å². The van der Waals surface area contributed by atoms with Crippen molar-refractivity contribution in [1.82, 2.24) is 10.1 Å². The number of hydrogen-bond donors (Lipinski definition) is 1. The molecule has 0 spiro atoms. The van der Waals surface area contributed by atoms with Gasteiger partial charge in [0, 0.05) is 36.2 Å². The second-order valence-corrected chi connectivity index (χ2v) is 6.28. The quantitative estimate of drug-likeness (QED) is 0.402. The second-order valence-electron chi connectivity index (χ2n) is 6.28. The number of hydrogen-bond acceptors (Lipinski definition) is 9. The van der Waals surface area contributed by atoms with E-state index < -0.39 is 4.92 Å².